The van der Waals surface area contributed by atoms with E-state index in [0.29, 0.717) is 42.1 Å². The van der Waals surface area contributed by atoms with Crippen LogP contribution in [0.25, 0.3) is 10.9 Å². The van der Waals surface area contributed by atoms with Crippen LogP contribution in [0.5, 0.6) is 11.5 Å². The molecule has 3 saturated heterocycles. The number of aliphatic hydroxyl groups is 2. The van der Waals surface area contributed by atoms with Crippen LogP contribution >= 0.6 is 0 Å². The van der Waals surface area contributed by atoms with Gasteiger partial charge in [-0.15, -0.1) is 0 Å². The molecule has 4 heterocycles. The van der Waals surface area contributed by atoms with Gasteiger partial charge in [0.2, 0.25) is 23.6 Å². The molecule has 440 valence electrons. The fraction of sp³-hybridized carbons (Fsp3) is 0.413. The minimum atomic E-state index is -1.55. The number of hydrogen-bond acceptors (Lipinski definition) is 14. The Morgan fingerprint density at radius 3 is 1.96 bits per heavy atom. The number of rotatable bonds is 18. The van der Waals surface area contributed by atoms with Gasteiger partial charge in [0.05, 0.1) is 37.8 Å². The molecule has 5 amide bonds. The fourth-order valence-corrected chi connectivity index (χ4v) is 11.3. The molecule has 9 rings (SSSR count). The van der Waals surface area contributed by atoms with E-state index in [2.05, 4.69) is 42.2 Å². The van der Waals surface area contributed by atoms with Crippen molar-refractivity contribution in [2.45, 2.75) is 119 Å². The number of amides is 5. The molecule has 0 spiro atoms. The zero-order valence-corrected chi connectivity index (χ0v) is 46.8. The van der Waals surface area contributed by atoms with Gasteiger partial charge < -0.3 is 66.6 Å². The van der Waals surface area contributed by atoms with E-state index in [0.717, 1.165) is 53.5 Å². The number of para-hydroxylation sites is 1. The second kappa shape index (κ2) is 29.4. The second-order valence-electron chi connectivity index (χ2n) is 21.8. The van der Waals surface area contributed by atoms with E-state index in [1.165, 1.54) is 12.0 Å². The standard InChI is InChI=1S/C63H78N10O10/c1-81-46-21-16-42(17-22-46)34-55-62(79)73-38-48(83-63(80)66-31-28-64)36-56(73)61(78)68-51(25-20-40-10-4-2-5-11-40)57(74)71-54(35-45-37-67-50-15-9-8-14-49(45)50)60(77)70-53(33-43-26-29-65-30-27-43)58(75)69-52(59(76)72-55)32-41-18-23-47(24-19-41)82-39-44-12-6-3-7-13-44/h2-19,21-24,37,43,48,51-58,65,67,69,71,74-75H,20,25-36,38-39,64H2,1H3,(H,66,80)(H,68,78)(H,70,77)(H,72,76)/t48?,51-,52+,53+,54-,55+,56+,57?,58?/m1/s1. The lowest BCUT2D eigenvalue weighted by atomic mass is 9.89. The van der Waals surface area contributed by atoms with Gasteiger partial charge in [0.1, 0.15) is 48.7 Å². The van der Waals surface area contributed by atoms with Crippen molar-refractivity contribution in [3.8, 4) is 11.5 Å². The Hall–Kier alpha value is -7.85. The number of fused-ring (bicyclic) bond motifs is 2. The van der Waals surface area contributed by atoms with Crippen molar-refractivity contribution >= 4 is 40.6 Å². The molecule has 5 aromatic carbocycles. The molecule has 83 heavy (non-hydrogen) atoms. The number of H-pyrrole nitrogens is 1. The van der Waals surface area contributed by atoms with Crippen LogP contribution in [-0.4, -0.2) is 144 Å². The van der Waals surface area contributed by atoms with Gasteiger partial charge in [-0.2, -0.15) is 0 Å². The molecule has 6 aromatic rings. The van der Waals surface area contributed by atoms with Gasteiger partial charge in [0, 0.05) is 43.0 Å². The normalized spacial score (nSPS) is 24.1. The Kier molecular flexibility index (Phi) is 21.2. The lowest BCUT2D eigenvalue weighted by Crippen LogP contribution is -2.63. The number of aliphatic hydroxyl groups excluding tert-OH is 2. The summed E-state index contributed by atoms with van der Waals surface area (Å²) in [6.07, 6.45) is -0.596. The number of aromatic nitrogens is 1. The number of carbonyl (C=O) groups is 5. The van der Waals surface area contributed by atoms with Gasteiger partial charge in [-0.05, 0) is 122 Å². The number of aromatic amines is 1. The van der Waals surface area contributed by atoms with E-state index in [1.54, 1.807) is 36.4 Å². The monoisotopic (exact) mass is 1130 g/mol. The molecule has 12 N–H and O–H groups in total. The van der Waals surface area contributed by atoms with Gasteiger partial charge in [0.25, 0.3) is 0 Å². The largest absolute Gasteiger partial charge is 0.497 e. The number of nitrogens with two attached hydrogens (primary N) is 1. The van der Waals surface area contributed by atoms with E-state index in [1.807, 2.05) is 103 Å². The molecule has 3 unspecified atom stereocenters. The van der Waals surface area contributed by atoms with Gasteiger partial charge >= 0.3 is 6.09 Å². The smallest absolute Gasteiger partial charge is 0.407 e. The number of hydrogen-bond donors (Lipinski definition) is 11. The maximum Gasteiger partial charge on any atom is 0.407 e. The third-order valence-corrected chi connectivity index (χ3v) is 15.9. The number of alkyl carbamates (subject to hydrolysis) is 1. The van der Waals surface area contributed by atoms with E-state index in [9.17, 15) is 15.0 Å². The highest BCUT2D eigenvalue weighted by atomic mass is 16.6. The summed E-state index contributed by atoms with van der Waals surface area (Å²) < 4.78 is 17.4. The number of nitrogens with zero attached hydrogens (tertiary/aromatic N) is 1. The topological polar surface area (TPSA) is 283 Å². The molecule has 0 bridgehead atoms. The van der Waals surface area contributed by atoms with Crippen LogP contribution in [0.2, 0.25) is 0 Å². The molecule has 3 aliphatic rings. The van der Waals surface area contributed by atoms with E-state index in [-0.39, 0.29) is 57.7 Å². The maximum atomic E-state index is 15.6. The minimum Gasteiger partial charge on any atom is -0.497 e. The summed E-state index contributed by atoms with van der Waals surface area (Å²) in [7, 11) is 1.54. The number of nitrogens with one attached hydrogen (secondary N) is 8. The van der Waals surface area contributed by atoms with Crippen LogP contribution in [0.3, 0.4) is 0 Å². The summed E-state index contributed by atoms with van der Waals surface area (Å²) in [5, 5.41) is 47.7. The number of ether oxygens (including phenoxy) is 3. The Morgan fingerprint density at radius 2 is 1.28 bits per heavy atom. The van der Waals surface area contributed by atoms with E-state index < -0.39 is 84.5 Å². The first-order valence-corrected chi connectivity index (χ1v) is 28.8. The zero-order valence-electron chi connectivity index (χ0n) is 46.8. The van der Waals surface area contributed by atoms with E-state index in [4.69, 9.17) is 19.9 Å². The number of methoxy groups -OCH3 is 1. The molecule has 0 saturated carbocycles. The van der Waals surface area contributed by atoms with Crippen molar-refractivity contribution in [3.05, 3.63) is 167 Å². The Bertz CT molecular complexity index is 3050. The quantitative estimate of drug-likeness (QED) is 0.0588. The summed E-state index contributed by atoms with van der Waals surface area (Å²) in [5.41, 5.74) is 10.6. The summed E-state index contributed by atoms with van der Waals surface area (Å²) in [6, 6.07) is 34.3. The molecular weight excluding hydrogens is 1060 g/mol. The van der Waals surface area contributed by atoms with Gasteiger partial charge in [-0.3, -0.25) is 29.8 Å². The van der Waals surface area contributed by atoms with Crippen LogP contribution in [-0.2, 0) is 56.2 Å². The molecule has 1 aromatic heterocycles. The molecule has 3 aliphatic heterocycles. The van der Waals surface area contributed by atoms with Crippen molar-refractivity contribution < 1.29 is 48.4 Å². The third-order valence-electron chi connectivity index (χ3n) is 15.9. The van der Waals surface area contributed by atoms with Gasteiger partial charge in [-0.1, -0.05) is 103 Å². The molecule has 20 heteroatoms. The zero-order chi connectivity index (χ0) is 58.1. The maximum absolute atomic E-state index is 15.6. The SMILES string of the molecule is COc1ccc(C[C@@H]2NC(=O)[C@H](Cc3ccc(OCc4ccccc4)cc3)NC(O)[C@H](CC3CCNCC3)NC(=O)[C@@H](Cc3c[nH]c4ccccc34)NC(O)[C@@H](CCc3ccccc3)NC(=O)[C@@H]3CC(OC(=O)NCCN)CN3C2=O)cc1. The fourth-order valence-electron chi connectivity index (χ4n) is 11.3. The van der Waals surface area contributed by atoms with Crippen molar-refractivity contribution in [1.29, 1.82) is 0 Å². The third kappa shape index (κ3) is 16.7. The van der Waals surface area contributed by atoms with Gasteiger partial charge in [-0.25, -0.2) is 4.79 Å². The molecule has 0 radical (unpaired) electrons. The van der Waals surface area contributed by atoms with Gasteiger partial charge in [0.15, 0.2) is 0 Å². The molecule has 0 aliphatic carbocycles. The van der Waals surface area contributed by atoms with E-state index >= 15 is 19.2 Å². The van der Waals surface area contributed by atoms with Crippen molar-refractivity contribution in [2.24, 2.45) is 11.7 Å². The first-order chi connectivity index (χ1) is 40.4. The first kappa shape index (κ1) is 59.8. The highest BCUT2D eigenvalue weighted by Crippen LogP contribution is 2.27. The predicted octanol–water partition coefficient (Wildman–Crippen LogP) is 3.48. The van der Waals surface area contributed by atoms with Crippen LogP contribution in [0.15, 0.2) is 140 Å². The summed E-state index contributed by atoms with van der Waals surface area (Å²) in [5.74, 6) is -1.23. The predicted molar refractivity (Wildman–Crippen MR) is 314 cm³/mol. The highest BCUT2D eigenvalue weighted by Gasteiger charge is 2.45. The van der Waals surface area contributed by atoms with Crippen LogP contribution in [0.1, 0.15) is 59.9 Å². The summed E-state index contributed by atoms with van der Waals surface area (Å²) >= 11 is 0. The highest BCUT2D eigenvalue weighted by molar-refractivity contribution is 5.94. The van der Waals surface area contributed by atoms with Crippen LogP contribution < -0.4 is 52.4 Å². The number of carbonyl (C=O) groups excluding carboxylic acids is 5. The Morgan fingerprint density at radius 1 is 0.675 bits per heavy atom. The number of piperidine rings is 1. The summed E-state index contributed by atoms with van der Waals surface area (Å²) in [6.45, 7) is 1.87. The number of aryl methyl sites for hydroxylation is 1. The van der Waals surface area contributed by atoms with Crippen molar-refractivity contribution in [2.75, 3.05) is 39.8 Å². The summed E-state index contributed by atoms with van der Waals surface area (Å²) in [4.78, 5) is 79.1. The number of benzene rings is 5. The van der Waals surface area contributed by atoms with Crippen LogP contribution in [0, 0.1) is 5.92 Å². The minimum absolute atomic E-state index is 0.0171. The molecular formula is C63H78N10O10. The average Bonchev–Trinajstić information content (AvgIpc) is 4.38. The lowest BCUT2D eigenvalue weighted by Gasteiger charge is -2.35. The van der Waals surface area contributed by atoms with Crippen molar-refractivity contribution in [3.63, 3.8) is 0 Å². The molecule has 9 atom stereocenters. The van der Waals surface area contributed by atoms with Crippen molar-refractivity contribution in [1.82, 2.24) is 47.1 Å². The van der Waals surface area contributed by atoms with Crippen LogP contribution in [0.4, 0.5) is 4.79 Å². The Labute approximate surface area is 484 Å². The first-order valence-electron chi connectivity index (χ1n) is 28.8. The molecule has 20 nitrogen and oxygen atoms in total. The molecule has 3 fully saturated rings. The Balaban J connectivity index is 1.11. The second-order valence-corrected chi connectivity index (χ2v) is 21.8. The average molecular weight is 1140 g/mol. The lowest BCUT2D eigenvalue weighted by molar-refractivity contribution is -0.142.